The van der Waals surface area contributed by atoms with E-state index < -0.39 is 41.4 Å². The summed E-state index contributed by atoms with van der Waals surface area (Å²) in [4.78, 5) is 37.7. The summed E-state index contributed by atoms with van der Waals surface area (Å²) >= 11 is 1.57. The molecule has 0 aliphatic carbocycles. The highest BCUT2D eigenvalue weighted by atomic mass is 32.1. The average molecular weight is 1100 g/mol. The normalized spacial score (nSPS) is 14.1. The van der Waals surface area contributed by atoms with E-state index in [2.05, 4.69) is 50.7 Å². The van der Waals surface area contributed by atoms with Gasteiger partial charge < -0.3 is 62.7 Å². The van der Waals surface area contributed by atoms with E-state index in [0.717, 1.165) is 61.8 Å². The molecule has 18 nitrogen and oxygen atoms in total. The van der Waals surface area contributed by atoms with Crippen molar-refractivity contribution >= 4 is 40.8 Å². The zero-order valence-corrected chi connectivity index (χ0v) is 44.4. The van der Waals surface area contributed by atoms with Gasteiger partial charge in [0.25, 0.3) is 5.91 Å². The summed E-state index contributed by atoms with van der Waals surface area (Å²) in [6.07, 6.45) is 2.77. The van der Waals surface area contributed by atoms with Gasteiger partial charge in [0.2, 0.25) is 17.4 Å². The lowest BCUT2D eigenvalue weighted by molar-refractivity contribution is -0.136. The van der Waals surface area contributed by atoms with E-state index >= 15 is 0 Å². The minimum absolute atomic E-state index is 0.0127. The van der Waals surface area contributed by atoms with Gasteiger partial charge in [0, 0.05) is 70.4 Å². The zero-order chi connectivity index (χ0) is 54.0. The Morgan fingerprint density at radius 1 is 0.618 bits per heavy atom. The van der Waals surface area contributed by atoms with Gasteiger partial charge in [-0.05, 0) is 35.1 Å². The van der Waals surface area contributed by atoms with Gasteiger partial charge in [-0.3, -0.25) is 19.4 Å². The molecule has 2 N–H and O–H groups in total. The second-order valence-electron chi connectivity index (χ2n) is 17.4. The van der Waals surface area contributed by atoms with Crippen molar-refractivity contribution in [2.75, 3.05) is 171 Å². The maximum atomic E-state index is 13.7. The van der Waals surface area contributed by atoms with E-state index in [0.29, 0.717) is 143 Å². The highest BCUT2D eigenvalue weighted by Gasteiger charge is 2.24. The summed E-state index contributed by atoms with van der Waals surface area (Å²) in [7, 11) is 0. The molecule has 0 bridgehead atoms. The molecule has 5 rings (SSSR count). The summed E-state index contributed by atoms with van der Waals surface area (Å²) in [5.74, 6) is -9.02. The molecule has 0 atom stereocenters. The van der Waals surface area contributed by atoms with Crippen LogP contribution < -0.4 is 10.5 Å². The number of nitrogens with two attached hydrogens (primary N) is 1. The minimum Gasteiger partial charge on any atom is -0.420 e. The van der Waals surface area contributed by atoms with Crippen molar-refractivity contribution in [1.29, 1.82) is 0 Å². The lowest BCUT2D eigenvalue weighted by atomic mass is 10.1. The molecule has 0 saturated carbocycles. The minimum atomic E-state index is -1.80. The van der Waals surface area contributed by atoms with Crippen LogP contribution in [0.25, 0.3) is 6.08 Å². The number of ether oxygens (including phenoxy) is 11. The van der Waals surface area contributed by atoms with E-state index in [1.54, 1.807) is 11.3 Å². The molecule has 424 valence electrons. The van der Waals surface area contributed by atoms with Gasteiger partial charge in [0.1, 0.15) is 5.84 Å². The van der Waals surface area contributed by atoms with E-state index in [1.807, 2.05) is 22.4 Å². The first-order valence-electron chi connectivity index (χ1n) is 25.8. The third-order valence-electron chi connectivity index (χ3n) is 11.6. The number of piperazine rings is 1. The molecule has 0 spiro atoms. The number of carbonyl (C=O) groups is 2. The molecule has 2 aliphatic rings. The number of thiophene rings is 1. The summed E-state index contributed by atoms with van der Waals surface area (Å²) in [5, 5.41) is 1.97. The third-order valence-corrected chi connectivity index (χ3v) is 12.4. The smallest absolute Gasteiger partial charge is 0.313 e. The standard InChI is InChI=1S/C53H75F4N5O13S/c1-2-9-62(53(64)43-36-47-46(8-35-76-47)59-48(58)37-43)40-42-5-3-41(4-6-42)39-61-12-10-60(11-13-61)14-16-66-18-20-68-22-24-70-26-28-72-30-32-74-34-33-73-31-29-71-27-25-69-23-21-67-19-17-65-15-7-49(63)75-52-50(56)44(54)38-45(55)51(52)57/h3-6,8,35-36,38H,2,7,9-34,37,39-40H2,1H3,(H2,58,59). The first kappa shape index (κ1) is 62.4. The van der Waals surface area contributed by atoms with Crippen LogP contribution in [0, 0.1) is 23.3 Å². The Kier molecular flexibility index (Phi) is 30.7. The Morgan fingerprint density at radius 2 is 1.07 bits per heavy atom. The molecular weight excluding hydrogens is 1020 g/mol. The number of benzene rings is 2. The summed E-state index contributed by atoms with van der Waals surface area (Å²) in [5.41, 5.74) is 10.1. The molecule has 23 heteroatoms. The number of nitrogens with zero attached hydrogens (tertiary/aromatic N) is 4. The Balaban J connectivity index is 0.713. The van der Waals surface area contributed by atoms with Crippen LogP contribution in [0.4, 0.5) is 23.2 Å². The molecule has 76 heavy (non-hydrogen) atoms. The lowest BCUT2D eigenvalue weighted by Crippen LogP contribution is -2.46. The number of amides is 1. The Hall–Kier alpha value is -4.47. The SMILES string of the molecule is CCCN(Cc1ccc(CN2CCN(CCOCCOCCOCCOCCOCCOCCOCCOCCOCCOCCC(=O)Oc3c(F)c(F)cc(F)c3F)CC2)cc1)C(=O)C1=Cc2sccc2N=C(N)C1. The van der Waals surface area contributed by atoms with Gasteiger partial charge in [-0.15, -0.1) is 11.3 Å². The van der Waals surface area contributed by atoms with Crippen molar-refractivity contribution in [3.63, 3.8) is 0 Å². The van der Waals surface area contributed by atoms with Crippen LogP contribution in [0.2, 0.25) is 0 Å². The summed E-state index contributed by atoms with van der Waals surface area (Å²) < 4.78 is 113. The van der Waals surface area contributed by atoms with Gasteiger partial charge >= 0.3 is 5.97 Å². The quantitative estimate of drug-likeness (QED) is 0.0236. The monoisotopic (exact) mass is 1100 g/mol. The fourth-order valence-corrected chi connectivity index (χ4v) is 8.40. The lowest BCUT2D eigenvalue weighted by Gasteiger charge is -2.34. The number of halogens is 4. The number of esters is 1. The number of amidine groups is 1. The molecule has 2 aromatic carbocycles. The van der Waals surface area contributed by atoms with E-state index in [4.69, 9.17) is 53.1 Å². The Bertz CT molecular complexity index is 2160. The maximum absolute atomic E-state index is 13.7. The van der Waals surface area contributed by atoms with Crippen molar-refractivity contribution in [3.8, 4) is 5.75 Å². The summed E-state index contributed by atoms with van der Waals surface area (Å²) in [6, 6.07) is 10.6. The topological polar surface area (TPSA) is 184 Å². The van der Waals surface area contributed by atoms with Gasteiger partial charge in [0.05, 0.1) is 149 Å². The molecule has 1 fully saturated rings. The Labute approximate surface area is 447 Å². The number of carbonyl (C=O) groups excluding carboxylic acids is 2. The van der Waals surface area contributed by atoms with Crippen LogP contribution in [-0.4, -0.2) is 204 Å². The van der Waals surface area contributed by atoms with Crippen molar-refractivity contribution in [2.45, 2.75) is 39.3 Å². The highest BCUT2D eigenvalue weighted by Crippen LogP contribution is 2.32. The first-order valence-corrected chi connectivity index (χ1v) is 26.7. The largest absolute Gasteiger partial charge is 0.420 e. The number of hydrogen-bond acceptors (Lipinski definition) is 18. The van der Waals surface area contributed by atoms with Crippen molar-refractivity contribution in [1.82, 2.24) is 14.7 Å². The van der Waals surface area contributed by atoms with E-state index in [1.165, 1.54) is 5.56 Å². The summed E-state index contributed by atoms with van der Waals surface area (Å²) in [6.45, 7) is 16.9. The van der Waals surface area contributed by atoms with Gasteiger partial charge in [-0.1, -0.05) is 31.2 Å². The van der Waals surface area contributed by atoms with Gasteiger partial charge in [0.15, 0.2) is 11.6 Å². The van der Waals surface area contributed by atoms with Crippen LogP contribution >= 0.6 is 11.3 Å². The maximum Gasteiger partial charge on any atom is 0.313 e. The fraction of sp³-hybridized carbons (Fsp3) is 0.604. The predicted octanol–water partition coefficient (Wildman–Crippen LogP) is 5.80. The second kappa shape index (κ2) is 37.4. The third kappa shape index (κ3) is 24.5. The van der Waals surface area contributed by atoms with Crippen LogP contribution in [0.15, 0.2) is 52.3 Å². The van der Waals surface area contributed by atoms with E-state index in [-0.39, 0.29) is 31.8 Å². The molecule has 2 aliphatic heterocycles. The molecule has 1 amide bonds. The van der Waals surface area contributed by atoms with Gasteiger partial charge in [-0.2, -0.15) is 8.78 Å². The zero-order valence-electron chi connectivity index (χ0n) is 43.6. The van der Waals surface area contributed by atoms with E-state index in [9.17, 15) is 27.2 Å². The fourth-order valence-electron chi connectivity index (χ4n) is 7.61. The highest BCUT2D eigenvalue weighted by molar-refractivity contribution is 7.11. The molecule has 3 heterocycles. The van der Waals surface area contributed by atoms with Crippen molar-refractivity contribution < 1.29 is 79.3 Å². The molecule has 3 aromatic rings. The van der Waals surface area contributed by atoms with Gasteiger partial charge in [-0.25, -0.2) is 13.8 Å². The molecule has 1 aromatic heterocycles. The second-order valence-corrected chi connectivity index (χ2v) is 18.4. The molecule has 1 saturated heterocycles. The van der Waals surface area contributed by atoms with Crippen LogP contribution in [0.1, 0.15) is 42.2 Å². The number of hydrogen-bond donors (Lipinski definition) is 1. The van der Waals surface area contributed by atoms with Crippen molar-refractivity contribution in [3.05, 3.63) is 86.6 Å². The molecule has 0 radical (unpaired) electrons. The van der Waals surface area contributed by atoms with Crippen LogP contribution in [0.5, 0.6) is 5.75 Å². The predicted molar refractivity (Wildman–Crippen MR) is 277 cm³/mol. The number of rotatable bonds is 41. The van der Waals surface area contributed by atoms with Crippen LogP contribution in [0.3, 0.4) is 0 Å². The van der Waals surface area contributed by atoms with Crippen molar-refractivity contribution in [2.24, 2.45) is 10.7 Å². The Morgan fingerprint density at radius 3 is 1.55 bits per heavy atom. The molecule has 0 unspecified atom stereocenters. The average Bonchev–Trinajstić information content (AvgIpc) is 3.78. The molecular formula is C53H75F4N5O13S. The first-order chi connectivity index (χ1) is 37.1. The van der Waals surface area contributed by atoms with Crippen LogP contribution in [-0.2, 0) is 70.0 Å². The number of aliphatic imine (C=N–C) groups is 1. The number of fused-ring (bicyclic) bond motifs is 1.